The summed E-state index contributed by atoms with van der Waals surface area (Å²) >= 11 is 0. The zero-order chi connectivity index (χ0) is 9.68. The minimum absolute atomic E-state index is 0.0594. The quantitative estimate of drug-likeness (QED) is 0.673. The van der Waals surface area contributed by atoms with E-state index in [0.717, 1.165) is 5.69 Å². The summed E-state index contributed by atoms with van der Waals surface area (Å²) in [4.78, 5) is 14.4. The van der Waals surface area contributed by atoms with Gasteiger partial charge in [0, 0.05) is 25.5 Å². The van der Waals surface area contributed by atoms with Crippen LogP contribution in [0.3, 0.4) is 0 Å². The van der Waals surface area contributed by atoms with Gasteiger partial charge in [0.05, 0.1) is 12.2 Å². The summed E-state index contributed by atoms with van der Waals surface area (Å²) in [6, 6.07) is 1.76. The second-order valence-corrected chi connectivity index (χ2v) is 2.77. The number of H-pyrrole nitrogens is 1. The number of carbonyl (C=O) groups is 1. The van der Waals surface area contributed by atoms with Gasteiger partial charge < -0.3 is 15.0 Å². The lowest BCUT2D eigenvalue weighted by atomic mass is 10.2. The Kier molecular flexibility index (Phi) is 3.52. The standard InChI is InChI=1S/C9H14N2O2/c1-7-8(3-4-10-7)9(12)11-5-6-13-2/h3-4,10H,5-6H2,1-2H3,(H,11,12). The van der Waals surface area contributed by atoms with Crippen molar-refractivity contribution in [2.75, 3.05) is 20.3 Å². The van der Waals surface area contributed by atoms with E-state index < -0.39 is 0 Å². The van der Waals surface area contributed by atoms with Crippen molar-refractivity contribution in [1.82, 2.24) is 10.3 Å². The van der Waals surface area contributed by atoms with Crippen LogP contribution in [-0.2, 0) is 4.74 Å². The van der Waals surface area contributed by atoms with E-state index in [2.05, 4.69) is 10.3 Å². The van der Waals surface area contributed by atoms with E-state index in [-0.39, 0.29) is 5.91 Å². The SMILES string of the molecule is COCCNC(=O)c1cc[nH]c1C. The Morgan fingerprint density at radius 1 is 1.69 bits per heavy atom. The fraction of sp³-hybridized carbons (Fsp3) is 0.444. The molecule has 2 N–H and O–H groups in total. The van der Waals surface area contributed by atoms with Gasteiger partial charge in [-0.05, 0) is 13.0 Å². The summed E-state index contributed by atoms with van der Waals surface area (Å²) in [6.07, 6.45) is 1.75. The highest BCUT2D eigenvalue weighted by molar-refractivity contribution is 5.95. The lowest BCUT2D eigenvalue weighted by Gasteiger charge is -2.03. The highest BCUT2D eigenvalue weighted by Crippen LogP contribution is 2.03. The molecule has 1 heterocycles. The maximum Gasteiger partial charge on any atom is 0.253 e. The molecule has 1 amide bonds. The molecule has 0 bridgehead atoms. The Morgan fingerprint density at radius 2 is 2.46 bits per heavy atom. The molecule has 1 rings (SSSR count). The number of carbonyl (C=O) groups excluding carboxylic acids is 1. The third-order valence-electron chi connectivity index (χ3n) is 1.79. The van der Waals surface area contributed by atoms with E-state index in [1.807, 2.05) is 6.92 Å². The van der Waals surface area contributed by atoms with Crippen LogP contribution in [0.5, 0.6) is 0 Å². The molecule has 72 valence electrons. The first-order chi connectivity index (χ1) is 6.25. The molecular formula is C9H14N2O2. The molecule has 0 spiro atoms. The van der Waals surface area contributed by atoms with Crippen LogP contribution in [0.2, 0.25) is 0 Å². The highest BCUT2D eigenvalue weighted by Gasteiger charge is 2.07. The third kappa shape index (κ3) is 2.59. The van der Waals surface area contributed by atoms with Gasteiger partial charge in [-0.2, -0.15) is 0 Å². The molecule has 0 aliphatic heterocycles. The van der Waals surface area contributed by atoms with Crippen molar-refractivity contribution < 1.29 is 9.53 Å². The topological polar surface area (TPSA) is 54.1 Å². The molecule has 0 saturated heterocycles. The predicted octanol–water partition coefficient (Wildman–Crippen LogP) is 0.699. The van der Waals surface area contributed by atoms with Crippen molar-refractivity contribution >= 4 is 5.91 Å². The summed E-state index contributed by atoms with van der Waals surface area (Å²) in [5, 5.41) is 2.74. The summed E-state index contributed by atoms with van der Waals surface area (Å²) in [5.41, 5.74) is 1.58. The molecule has 0 saturated carbocycles. The normalized spacial score (nSPS) is 10.0. The zero-order valence-corrected chi connectivity index (χ0v) is 7.89. The molecule has 0 aliphatic rings. The third-order valence-corrected chi connectivity index (χ3v) is 1.79. The molecular weight excluding hydrogens is 168 g/mol. The van der Waals surface area contributed by atoms with Gasteiger partial charge in [0.25, 0.3) is 5.91 Å². The van der Waals surface area contributed by atoms with Gasteiger partial charge in [-0.3, -0.25) is 4.79 Å². The number of aryl methyl sites for hydroxylation is 1. The number of hydrogen-bond acceptors (Lipinski definition) is 2. The lowest BCUT2D eigenvalue weighted by molar-refractivity contribution is 0.0936. The van der Waals surface area contributed by atoms with E-state index in [1.165, 1.54) is 0 Å². The first-order valence-electron chi connectivity index (χ1n) is 4.17. The van der Waals surface area contributed by atoms with Crippen LogP contribution in [0.25, 0.3) is 0 Å². The molecule has 0 radical (unpaired) electrons. The van der Waals surface area contributed by atoms with Gasteiger partial charge in [-0.1, -0.05) is 0 Å². The van der Waals surface area contributed by atoms with Gasteiger partial charge in [0.1, 0.15) is 0 Å². The average Bonchev–Trinajstić information content (AvgIpc) is 2.52. The Labute approximate surface area is 77.3 Å². The number of rotatable bonds is 4. The van der Waals surface area contributed by atoms with Crippen LogP contribution >= 0.6 is 0 Å². The average molecular weight is 182 g/mol. The van der Waals surface area contributed by atoms with Crippen LogP contribution < -0.4 is 5.32 Å². The van der Waals surface area contributed by atoms with Gasteiger partial charge in [0.15, 0.2) is 0 Å². The Hall–Kier alpha value is -1.29. The molecule has 0 aromatic carbocycles. The first-order valence-corrected chi connectivity index (χ1v) is 4.17. The summed E-state index contributed by atoms with van der Waals surface area (Å²) in [5.74, 6) is -0.0594. The van der Waals surface area contributed by atoms with Crippen molar-refractivity contribution in [2.24, 2.45) is 0 Å². The Morgan fingerprint density at radius 3 is 3.00 bits per heavy atom. The monoisotopic (exact) mass is 182 g/mol. The fourth-order valence-corrected chi connectivity index (χ4v) is 1.06. The molecule has 1 aromatic heterocycles. The minimum Gasteiger partial charge on any atom is -0.383 e. The second kappa shape index (κ2) is 4.67. The number of methoxy groups -OCH3 is 1. The molecule has 0 fully saturated rings. The van der Waals surface area contributed by atoms with Crippen LogP contribution in [0.4, 0.5) is 0 Å². The molecule has 4 nitrogen and oxygen atoms in total. The molecule has 0 atom stereocenters. The molecule has 0 unspecified atom stereocenters. The smallest absolute Gasteiger partial charge is 0.253 e. The predicted molar refractivity (Wildman–Crippen MR) is 49.7 cm³/mol. The highest BCUT2D eigenvalue weighted by atomic mass is 16.5. The van der Waals surface area contributed by atoms with E-state index >= 15 is 0 Å². The Balaban J connectivity index is 2.45. The maximum absolute atomic E-state index is 11.4. The molecule has 1 aromatic rings. The number of nitrogens with one attached hydrogen (secondary N) is 2. The molecule has 13 heavy (non-hydrogen) atoms. The van der Waals surface area contributed by atoms with Crippen LogP contribution in [0, 0.1) is 6.92 Å². The van der Waals surface area contributed by atoms with E-state index in [0.29, 0.717) is 18.7 Å². The van der Waals surface area contributed by atoms with Crippen molar-refractivity contribution in [1.29, 1.82) is 0 Å². The molecule has 4 heteroatoms. The summed E-state index contributed by atoms with van der Waals surface area (Å²) in [6.45, 7) is 2.94. The van der Waals surface area contributed by atoms with Crippen molar-refractivity contribution in [3.8, 4) is 0 Å². The maximum atomic E-state index is 11.4. The summed E-state index contributed by atoms with van der Waals surface area (Å²) < 4.78 is 4.82. The van der Waals surface area contributed by atoms with Gasteiger partial charge in [-0.25, -0.2) is 0 Å². The van der Waals surface area contributed by atoms with Crippen LogP contribution in [-0.4, -0.2) is 31.2 Å². The minimum atomic E-state index is -0.0594. The van der Waals surface area contributed by atoms with Crippen molar-refractivity contribution in [2.45, 2.75) is 6.92 Å². The van der Waals surface area contributed by atoms with Crippen LogP contribution in [0.15, 0.2) is 12.3 Å². The number of aromatic amines is 1. The number of aromatic nitrogens is 1. The van der Waals surface area contributed by atoms with Gasteiger partial charge in [0.2, 0.25) is 0 Å². The molecule has 0 aliphatic carbocycles. The van der Waals surface area contributed by atoms with E-state index in [1.54, 1.807) is 19.4 Å². The van der Waals surface area contributed by atoms with E-state index in [4.69, 9.17) is 4.74 Å². The number of amides is 1. The largest absolute Gasteiger partial charge is 0.383 e. The number of hydrogen-bond donors (Lipinski definition) is 2. The van der Waals surface area contributed by atoms with Gasteiger partial charge in [-0.15, -0.1) is 0 Å². The summed E-state index contributed by atoms with van der Waals surface area (Å²) in [7, 11) is 1.60. The first kappa shape index (κ1) is 9.80. The van der Waals surface area contributed by atoms with E-state index in [9.17, 15) is 4.79 Å². The van der Waals surface area contributed by atoms with Crippen molar-refractivity contribution in [3.05, 3.63) is 23.5 Å². The second-order valence-electron chi connectivity index (χ2n) is 2.77. The van der Waals surface area contributed by atoms with Crippen molar-refractivity contribution in [3.63, 3.8) is 0 Å². The fourth-order valence-electron chi connectivity index (χ4n) is 1.06. The zero-order valence-electron chi connectivity index (χ0n) is 7.89. The van der Waals surface area contributed by atoms with Crippen LogP contribution in [0.1, 0.15) is 16.1 Å². The Bertz CT molecular complexity index is 281. The lowest BCUT2D eigenvalue weighted by Crippen LogP contribution is -2.27. The van der Waals surface area contributed by atoms with Gasteiger partial charge >= 0.3 is 0 Å². The number of ether oxygens (including phenoxy) is 1.